The van der Waals surface area contributed by atoms with Crippen LogP contribution in [0.3, 0.4) is 0 Å². The highest BCUT2D eigenvalue weighted by atomic mass is 35.5. The Kier molecular flexibility index (Phi) is 5.04. The molecule has 0 bridgehead atoms. The molecule has 1 aromatic carbocycles. The van der Waals surface area contributed by atoms with E-state index in [-0.39, 0.29) is 13.2 Å². The highest BCUT2D eigenvalue weighted by Crippen LogP contribution is 2.30. The highest BCUT2D eigenvalue weighted by molar-refractivity contribution is 6.30. The lowest BCUT2D eigenvalue weighted by atomic mass is 9.78. The van der Waals surface area contributed by atoms with Gasteiger partial charge in [-0.15, -0.1) is 0 Å². The minimum atomic E-state index is -0.760. The van der Waals surface area contributed by atoms with Crippen molar-refractivity contribution in [1.82, 2.24) is 9.78 Å². The molecule has 2 N–H and O–H groups in total. The van der Waals surface area contributed by atoms with Crippen molar-refractivity contribution in [3.63, 3.8) is 0 Å². The Balaban J connectivity index is 2.42. The fraction of sp³-hybridized carbons (Fsp3) is 0.438. The molecule has 0 fully saturated rings. The zero-order chi connectivity index (χ0) is 15.5. The lowest BCUT2D eigenvalue weighted by molar-refractivity contribution is 0.114. The van der Waals surface area contributed by atoms with E-state index in [4.69, 9.17) is 11.6 Å². The Morgan fingerprint density at radius 3 is 2.52 bits per heavy atom. The van der Waals surface area contributed by atoms with Gasteiger partial charge in [-0.05, 0) is 37.6 Å². The summed E-state index contributed by atoms with van der Waals surface area (Å²) in [5.41, 5.74) is 2.01. The van der Waals surface area contributed by atoms with E-state index in [0.29, 0.717) is 11.4 Å². The lowest BCUT2D eigenvalue weighted by Gasteiger charge is -2.30. The molecule has 0 atom stereocenters. The normalized spacial score (nSPS) is 11.9. The van der Waals surface area contributed by atoms with Crippen molar-refractivity contribution in [2.24, 2.45) is 0 Å². The minimum absolute atomic E-state index is 0.155. The number of halogens is 1. The van der Waals surface area contributed by atoms with Gasteiger partial charge in [0.1, 0.15) is 0 Å². The molecule has 0 saturated heterocycles. The van der Waals surface area contributed by atoms with E-state index >= 15 is 0 Å². The van der Waals surface area contributed by atoms with Crippen LogP contribution < -0.4 is 0 Å². The fourth-order valence-corrected chi connectivity index (χ4v) is 2.82. The Labute approximate surface area is 130 Å². The van der Waals surface area contributed by atoms with Gasteiger partial charge in [0.25, 0.3) is 0 Å². The highest BCUT2D eigenvalue weighted by Gasteiger charge is 2.33. The SMILES string of the molecule is CCn1nc(C)cc1CC(CO)(CO)c1cccc(Cl)c1. The Morgan fingerprint density at radius 2 is 1.95 bits per heavy atom. The largest absolute Gasteiger partial charge is 0.395 e. The Hall–Kier alpha value is -1.36. The smallest absolute Gasteiger partial charge is 0.0596 e. The second-order valence-electron chi connectivity index (χ2n) is 5.38. The van der Waals surface area contributed by atoms with Crippen molar-refractivity contribution in [1.29, 1.82) is 0 Å². The van der Waals surface area contributed by atoms with Crippen molar-refractivity contribution in [2.75, 3.05) is 13.2 Å². The van der Waals surface area contributed by atoms with Crippen LogP contribution >= 0.6 is 11.6 Å². The predicted molar refractivity (Wildman–Crippen MR) is 83.6 cm³/mol. The summed E-state index contributed by atoms with van der Waals surface area (Å²) in [6.07, 6.45) is 0.509. The van der Waals surface area contributed by atoms with E-state index in [1.165, 1.54) is 0 Å². The first kappa shape index (κ1) is 16.0. The molecule has 114 valence electrons. The van der Waals surface area contributed by atoms with Crippen LogP contribution in [0.25, 0.3) is 0 Å². The molecule has 2 rings (SSSR count). The van der Waals surface area contributed by atoms with E-state index in [1.807, 2.05) is 36.7 Å². The molecule has 1 heterocycles. The molecule has 0 radical (unpaired) electrons. The van der Waals surface area contributed by atoms with Crippen molar-refractivity contribution in [2.45, 2.75) is 32.2 Å². The van der Waals surface area contributed by atoms with Crippen LogP contribution in [0, 0.1) is 6.92 Å². The van der Waals surface area contributed by atoms with E-state index in [1.54, 1.807) is 12.1 Å². The maximum absolute atomic E-state index is 9.92. The monoisotopic (exact) mass is 308 g/mol. The van der Waals surface area contributed by atoms with E-state index in [9.17, 15) is 10.2 Å². The fourth-order valence-electron chi connectivity index (χ4n) is 2.63. The molecular formula is C16H21ClN2O2. The first-order chi connectivity index (χ1) is 10.0. The molecular weight excluding hydrogens is 288 g/mol. The third-order valence-corrected chi connectivity index (χ3v) is 4.08. The molecule has 0 saturated carbocycles. The molecule has 0 amide bonds. The summed E-state index contributed by atoms with van der Waals surface area (Å²) < 4.78 is 1.90. The number of nitrogens with zero attached hydrogens (tertiary/aromatic N) is 2. The average molecular weight is 309 g/mol. The van der Waals surface area contributed by atoms with Crippen molar-refractivity contribution < 1.29 is 10.2 Å². The summed E-state index contributed by atoms with van der Waals surface area (Å²) in [5.74, 6) is 0. The molecule has 0 spiro atoms. The van der Waals surface area contributed by atoms with Gasteiger partial charge in [0.05, 0.1) is 18.9 Å². The third-order valence-electron chi connectivity index (χ3n) is 3.85. The number of hydrogen-bond donors (Lipinski definition) is 2. The van der Waals surface area contributed by atoms with E-state index in [0.717, 1.165) is 23.5 Å². The summed E-state index contributed by atoms with van der Waals surface area (Å²) in [6, 6.07) is 9.30. The van der Waals surface area contributed by atoms with Gasteiger partial charge in [-0.2, -0.15) is 5.10 Å². The van der Waals surface area contributed by atoms with Crippen molar-refractivity contribution in [3.8, 4) is 0 Å². The summed E-state index contributed by atoms with van der Waals surface area (Å²) in [4.78, 5) is 0. The number of aryl methyl sites for hydroxylation is 2. The molecule has 0 unspecified atom stereocenters. The second kappa shape index (κ2) is 6.60. The van der Waals surface area contributed by atoms with Gasteiger partial charge in [0, 0.05) is 29.1 Å². The number of aliphatic hydroxyl groups excluding tert-OH is 2. The molecule has 1 aromatic heterocycles. The Bertz CT molecular complexity index is 606. The van der Waals surface area contributed by atoms with Gasteiger partial charge in [0.2, 0.25) is 0 Å². The van der Waals surface area contributed by atoms with Gasteiger partial charge >= 0.3 is 0 Å². The van der Waals surface area contributed by atoms with Crippen LogP contribution in [0.4, 0.5) is 0 Å². The maximum atomic E-state index is 9.92. The zero-order valence-corrected chi connectivity index (χ0v) is 13.1. The van der Waals surface area contributed by atoms with Crippen LogP contribution in [0.1, 0.15) is 23.9 Å². The first-order valence-corrected chi connectivity index (χ1v) is 7.43. The number of rotatable bonds is 6. The van der Waals surface area contributed by atoms with Crippen LogP contribution in [0.2, 0.25) is 5.02 Å². The lowest BCUT2D eigenvalue weighted by Crippen LogP contribution is -2.38. The van der Waals surface area contributed by atoms with Gasteiger partial charge in [0.15, 0.2) is 0 Å². The van der Waals surface area contributed by atoms with E-state index in [2.05, 4.69) is 5.10 Å². The van der Waals surface area contributed by atoms with Crippen LogP contribution in [0.15, 0.2) is 30.3 Å². The summed E-state index contributed by atoms with van der Waals surface area (Å²) in [7, 11) is 0. The quantitative estimate of drug-likeness (QED) is 0.861. The average Bonchev–Trinajstić information content (AvgIpc) is 2.84. The summed E-state index contributed by atoms with van der Waals surface area (Å²) in [6.45, 7) is 4.41. The van der Waals surface area contributed by atoms with Crippen LogP contribution in [-0.4, -0.2) is 33.2 Å². The number of aliphatic hydroxyl groups is 2. The minimum Gasteiger partial charge on any atom is -0.395 e. The van der Waals surface area contributed by atoms with Crippen LogP contribution in [0.5, 0.6) is 0 Å². The maximum Gasteiger partial charge on any atom is 0.0596 e. The van der Waals surface area contributed by atoms with Gasteiger partial charge in [-0.3, -0.25) is 4.68 Å². The van der Waals surface area contributed by atoms with Gasteiger partial charge in [-0.25, -0.2) is 0 Å². The number of benzene rings is 1. The molecule has 21 heavy (non-hydrogen) atoms. The van der Waals surface area contributed by atoms with Crippen molar-refractivity contribution in [3.05, 3.63) is 52.3 Å². The Morgan fingerprint density at radius 1 is 1.24 bits per heavy atom. The molecule has 5 heteroatoms. The van der Waals surface area contributed by atoms with E-state index < -0.39 is 5.41 Å². The molecule has 0 aliphatic rings. The number of hydrogen-bond acceptors (Lipinski definition) is 3. The molecule has 0 aliphatic heterocycles. The topological polar surface area (TPSA) is 58.3 Å². The molecule has 0 aliphatic carbocycles. The predicted octanol–water partition coefficient (Wildman–Crippen LogP) is 2.33. The molecule has 4 nitrogen and oxygen atoms in total. The standard InChI is InChI=1S/C16H21ClN2O2/c1-3-19-15(7-12(2)18-19)9-16(10-20,11-21)13-5-4-6-14(17)8-13/h4-8,20-21H,3,9-11H2,1-2H3. The summed E-state index contributed by atoms with van der Waals surface area (Å²) in [5, 5.41) is 24.9. The van der Waals surface area contributed by atoms with Crippen molar-refractivity contribution >= 4 is 11.6 Å². The van der Waals surface area contributed by atoms with Gasteiger partial charge in [-0.1, -0.05) is 23.7 Å². The van der Waals surface area contributed by atoms with Crippen LogP contribution in [-0.2, 0) is 18.4 Å². The first-order valence-electron chi connectivity index (χ1n) is 7.05. The summed E-state index contributed by atoms with van der Waals surface area (Å²) >= 11 is 6.05. The van der Waals surface area contributed by atoms with Gasteiger partial charge < -0.3 is 10.2 Å². The second-order valence-corrected chi connectivity index (χ2v) is 5.81. The zero-order valence-electron chi connectivity index (χ0n) is 12.4. The number of aromatic nitrogens is 2. The molecule has 2 aromatic rings. The third kappa shape index (κ3) is 3.28.